The molecule has 2 atom stereocenters. The second-order valence-corrected chi connectivity index (χ2v) is 12.0. The van der Waals surface area contributed by atoms with Gasteiger partial charge in [0.15, 0.2) is 5.78 Å². The standard InChI is InChI=1S/C26H24BrO3P/c1-2-30-26(29)25(24(28)22-18-23(22)27)31(19-12-6-3-7-13-19,20-14-8-4-9-15-20)21-16-10-5-11-17-21/h3-17,22-23H,2,18H2,1H3/t22-,23-/m1/s1. The molecule has 0 aliphatic heterocycles. The molecule has 0 N–H and O–H groups in total. The van der Waals surface area contributed by atoms with Crippen molar-refractivity contribution in [2.24, 2.45) is 5.92 Å². The lowest BCUT2D eigenvalue weighted by Gasteiger charge is -2.31. The fraction of sp³-hybridized carbons (Fsp3) is 0.192. The van der Waals surface area contributed by atoms with E-state index in [1.807, 2.05) is 91.0 Å². The Balaban J connectivity index is 2.21. The van der Waals surface area contributed by atoms with Gasteiger partial charge in [-0.1, -0.05) is 107 Å². The molecule has 0 bridgehead atoms. The largest absolute Gasteiger partial charge is 0.462 e. The molecule has 1 aliphatic carbocycles. The van der Waals surface area contributed by atoms with Gasteiger partial charge in [-0.25, -0.2) is 4.79 Å². The van der Waals surface area contributed by atoms with Crippen LogP contribution in [0.25, 0.3) is 0 Å². The second kappa shape index (κ2) is 9.38. The van der Waals surface area contributed by atoms with Crippen LogP contribution in [0, 0.1) is 5.92 Å². The number of carbonyl (C=O) groups excluding carboxylic acids is 2. The maximum atomic E-state index is 13.9. The van der Waals surface area contributed by atoms with Crippen molar-refractivity contribution in [2.75, 3.05) is 6.61 Å². The molecule has 3 aromatic carbocycles. The minimum atomic E-state index is -2.77. The molecule has 1 aliphatic rings. The van der Waals surface area contributed by atoms with Crippen molar-refractivity contribution in [1.29, 1.82) is 0 Å². The Morgan fingerprint density at radius 1 is 0.839 bits per heavy atom. The molecular weight excluding hydrogens is 471 g/mol. The first-order valence-corrected chi connectivity index (χ1v) is 13.1. The van der Waals surface area contributed by atoms with Gasteiger partial charge in [0, 0.05) is 10.7 Å². The molecule has 0 aromatic heterocycles. The van der Waals surface area contributed by atoms with Gasteiger partial charge in [-0.15, -0.1) is 0 Å². The SMILES string of the molecule is CCOC(=O)C(C(=O)[C@@H]1C[C@H]1Br)=P(c1ccccc1)(c1ccccc1)c1ccccc1. The van der Waals surface area contributed by atoms with Crippen molar-refractivity contribution in [3.05, 3.63) is 91.0 Å². The molecule has 31 heavy (non-hydrogen) atoms. The minimum Gasteiger partial charge on any atom is -0.462 e. The summed E-state index contributed by atoms with van der Waals surface area (Å²) in [7, 11) is 0. The van der Waals surface area contributed by atoms with Crippen LogP contribution in [-0.4, -0.2) is 28.5 Å². The number of ketones is 1. The molecule has 0 amide bonds. The summed E-state index contributed by atoms with van der Waals surface area (Å²) in [6, 6.07) is 29.8. The third-order valence-corrected chi connectivity index (χ3v) is 10.8. The number of benzene rings is 3. The highest BCUT2D eigenvalue weighted by Gasteiger charge is 2.47. The Bertz CT molecular complexity index is 1020. The third-order valence-electron chi connectivity index (χ3n) is 5.52. The number of Topliss-reactive ketones (excluding diaryl/α,β-unsaturated/α-hetero) is 1. The first-order valence-electron chi connectivity index (χ1n) is 10.4. The minimum absolute atomic E-state index is 0.105. The van der Waals surface area contributed by atoms with E-state index < -0.39 is 12.9 Å². The van der Waals surface area contributed by atoms with Crippen LogP contribution in [0.5, 0.6) is 0 Å². The molecular formula is C26H24BrO3P. The van der Waals surface area contributed by atoms with Crippen molar-refractivity contribution < 1.29 is 14.3 Å². The number of alkyl halides is 1. The van der Waals surface area contributed by atoms with E-state index >= 15 is 0 Å². The highest BCUT2D eigenvalue weighted by molar-refractivity contribution is 9.09. The van der Waals surface area contributed by atoms with Crippen molar-refractivity contribution in [3.63, 3.8) is 0 Å². The van der Waals surface area contributed by atoms with Crippen LogP contribution in [0.15, 0.2) is 91.0 Å². The number of rotatable bonds is 7. The van der Waals surface area contributed by atoms with Gasteiger partial charge in [-0.2, -0.15) is 0 Å². The van der Waals surface area contributed by atoms with E-state index in [1.54, 1.807) is 6.92 Å². The van der Waals surface area contributed by atoms with E-state index in [-0.39, 0.29) is 28.4 Å². The van der Waals surface area contributed by atoms with Crippen LogP contribution >= 0.6 is 22.8 Å². The van der Waals surface area contributed by atoms with Crippen LogP contribution in [0.1, 0.15) is 13.3 Å². The summed E-state index contributed by atoms with van der Waals surface area (Å²) < 4.78 is 5.52. The van der Waals surface area contributed by atoms with Crippen molar-refractivity contribution >= 4 is 55.8 Å². The van der Waals surface area contributed by atoms with Gasteiger partial charge in [0.05, 0.1) is 6.61 Å². The highest BCUT2D eigenvalue weighted by Crippen LogP contribution is 2.49. The van der Waals surface area contributed by atoms with Crippen LogP contribution in [-0.2, 0) is 14.3 Å². The Morgan fingerprint density at radius 3 is 1.55 bits per heavy atom. The summed E-state index contributed by atoms with van der Waals surface area (Å²) in [5, 5.41) is 3.19. The average Bonchev–Trinajstić information content (AvgIpc) is 3.55. The fourth-order valence-electron chi connectivity index (χ4n) is 4.00. The Labute approximate surface area is 191 Å². The molecule has 1 saturated carbocycles. The lowest BCUT2D eigenvalue weighted by molar-refractivity contribution is -0.135. The molecule has 158 valence electrons. The van der Waals surface area contributed by atoms with Gasteiger partial charge in [-0.05, 0) is 36.1 Å². The topological polar surface area (TPSA) is 43.4 Å². The smallest absolute Gasteiger partial charge is 0.342 e. The molecule has 0 spiro atoms. The molecule has 3 aromatic rings. The first kappa shape index (κ1) is 21.8. The van der Waals surface area contributed by atoms with Crippen LogP contribution in [0.4, 0.5) is 0 Å². The van der Waals surface area contributed by atoms with Crippen molar-refractivity contribution in [2.45, 2.75) is 18.2 Å². The maximum Gasteiger partial charge on any atom is 0.342 e. The summed E-state index contributed by atoms with van der Waals surface area (Å²) in [6.07, 6.45) is 0.736. The molecule has 0 saturated heterocycles. The summed E-state index contributed by atoms with van der Waals surface area (Å²) in [5.74, 6) is -0.816. The maximum absolute atomic E-state index is 13.9. The monoisotopic (exact) mass is 494 g/mol. The number of esters is 1. The quantitative estimate of drug-likeness (QED) is 0.215. The Kier molecular flexibility index (Phi) is 6.60. The lowest BCUT2D eigenvalue weighted by Crippen LogP contribution is -2.39. The van der Waals surface area contributed by atoms with Gasteiger partial charge < -0.3 is 4.74 Å². The van der Waals surface area contributed by atoms with Crippen LogP contribution in [0.3, 0.4) is 0 Å². The summed E-state index contributed by atoms with van der Waals surface area (Å²) in [4.78, 5) is 27.5. The molecule has 4 rings (SSSR count). The Morgan fingerprint density at radius 2 is 1.23 bits per heavy atom. The number of ether oxygens (including phenoxy) is 1. The van der Waals surface area contributed by atoms with Crippen LogP contribution < -0.4 is 15.9 Å². The average molecular weight is 495 g/mol. The number of carbonyl (C=O) groups is 2. The van der Waals surface area contributed by atoms with Gasteiger partial charge in [0.2, 0.25) is 0 Å². The molecule has 0 radical (unpaired) electrons. The first-order chi connectivity index (χ1) is 15.1. The van der Waals surface area contributed by atoms with E-state index in [0.717, 1.165) is 22.3 Å². The van der Waals surface area contributed by atoms with E-state index in [1.165, 1.54) is 0 Å². The van der Waals surface area contributed by atoms with E-state index in [9.17, 15) is 9.59 Å². The number of hydrogen-bond donors (Lipinski definition) is 0. The van der Waals surface area contributed by atoms with Crippen molar-refractivity contribution in [3.8, 4) is 0 Å². The predicted molar refractivity (Wildman–Crippen MR) is 133 cm³/mol. The van der Waals surface area contributed by atoms with Gasteiger partial charge in [-0.3, -0.25) is 4.79 Å². The normalized spacial score (nSPS) is 17.6. The predicted octanol–water partition coefficient (Wildman–Crippen LogP) is 4.07. The summed E-state index contributed by atoms with van der Waals surface area (Å²) in [5.41, 5.74) is 0. The van der Waals surface area contributed by atoms with Gasteiger partial charge in [0.1, 0.15) is 5.29 Å². The molecule has 1 fully saturated rings. The van der Waals surface area contributed by atoms with E-state index in [0.29, 0.717) is 0 Å². The summed E-state index contributed by atoms with van der Waals surface area (Å²) >= 11 is 3.57. The van der Waals surface area contributed by atoms with Gasteiger partial charge >= 0.3 is 5.97 Å². The zero-order valence-corrected chi connectivity index (χ0v) is 19.8. The van der Waals surface area contributed by atoms with Gasteiger partial charge in [0.25, 0.3) is 0 Å². The summed E-state index contributed by atoms with van der Waals surface area (Å²) in [6.45, 7) is -0.779. The molecule has 0 unspecified atom stereocenters. The highest BCUT2D eigenvalue weighted by atomic mass is 79.9. The number of hydrogen-bond acceptors (Lipinski definition) is 3. The molecule has 3 nitrogen and oxygen atoms in total. The molecule has 0 heterocycles. The van der Waals surface area contributed by atoms with Crippen molar-refractivity contribution in [1.82, 2.24) is 0 Å². The zero-order chi connectivity index (χ0) is 21.8. The fourth-order valence-corrected chi connectivity index (χ4v) is 9.01. The van der Waals surface area contributed by atoms with Crippen LogP contribution in [0.2, 0.25) is 0 Å². The number of halogens is 1. The zero-order valence-electron chi connectivity index (χ0n) is 17.3. The Hall–Kier alpha value is -2.42. The van der Waals surface area contributed by atoms with E-state index in [2.05, 4.69) is 15.9 Å². The lowest BCUT2D eigenvalue weighted by atomic mass is 10.2. The molecule has 5 heteroatoms. The van der Waals surface area contributed by atoms with E-state index in [4.69, 9.17) is 4.74 Å². The third kappa shape index (κ3) is 4.07. The second-order valence-electron chi connectivity index (χ2n) is 7.47.